The van der Waals surface area contributed by atoms with Crippen molar-refractivity contribution in [2.24, 2.45) is 0 Å². The molecule has 0 amide bonds. The molecule has 2 aromatic carbocycles. The van der Waals surface area contributed by atoms with E-state index < -0.39 is 0 Å². The Morgan fingerprint density at radius 3 is 2.28 bits per heavy atom. The van der Waals surface area contributed by atoms with Gasteiger partial charge in [0.15, 0.2) is 0 Å². The second kappa shape index (κ2) is 7.21. The molecule has 0 aliphatic carbocycles. The fourth-order valence-corrected chi connectivity index (χ4v) is 3.23. The van der Waals surface area contributed by atoms with Crippen molar-refractivity contribution in [3.63, 3.8) is 0 Å². The van der Waals surface area contributed by atoms with E-state index in [9.17, 15) is 0 Å². The average molecular weight is 373 g/mol. The number of rotatable bonds is 4. The third-order valence-electron chi connectivity index (χ3n) is 3.76. The van der Waals surface area contributed by atoms with Crippen LogP contribution >= 0.6 is 23.4 Å². The molecule has 0 spiro atoms. The minimum Gasteiger partial charge on any atom is -0.495 e. The lowest BCUT2D eigenvalue weighted by Crippen LogP contribution is -2.04. The van der Waals surface area contributed by atoms with Crippen LogP contribution in [-0.4, -0.2) is 23.3 Å². The molecule has 4 N–H and O–H groups in total. The van der Waals surface area contributed by atoms with Gasteiger partial charge in [-0.25, -0.2) is 4.98 Å². The van der Waals surface area contributed by atoms with Crippen LogP contribution in [-0.2, 0) is 0 Å². The quantitative estimate of drug-likeness (QED) is 0.661. The number of methoxy groups -OCH3 is 1. The lowest BCUT2D eigenvalue weighted by Gasteiger charge is -2.14. The van der Waals surface area contributed by atoms with Gasteiger partial charge in [0, 0.05) is 10.5 Å². The van der Waals surface area contributed by atoms with Crippen LogP contribution in [0.3, 0.4) is 0 Å². The van der Waals surface area contributed by atoms with Crippen molar-refractivity contribution >= 4 is 35.1 Å². The number of halogens is 1. The summed E-state index contributed by atoms with van der Waals surface area (Å²) in [7, 11) is 1.57. The number of hydrogen-bond acceptors (Lipinski definition) is 6. The van der Waals surface area contributed by atoms with Crippen LogP contribution in [0.25, 0.3) is 22.4 Å². The second-order valence-corrected chi connectivity index (χ2v) is 6.56. The largest absolute Gasteiger partial charge is 0.495 e. The SMILES string of the molecule is COc1ccc(-c2c(N)nc(N)nc2-c2ccc(SC)cc2)cc1Cl. The summed E-state index contributed by atoms with van der Waals surface area (Å²) in [6.07, 6.45) is 2.03. The van der Waals surface area contributed by atoms with Crippen LogP contribution in [0.1, 0.15) is 0 Å². The molecule has 3 aromatic rings. The maximum atomic E-state index is 6.27. The number of aromatic nitrogens is 2. The van der Waals surface area contributed by atoms with Crippen molar-refractivity contribution in [1.82, 2.24) is 9.97 Å². The molecule has 0 unspecified atom stereocenters. The van der Waals surface area contributed by atoms with Crippen LogP contribution in [0.5, 0.6) is 5.75 Å². The van der Waals surface area contributed by atoms with Crippen LogP contribution in [0, 0.1) is 0 Å². The van der Waals surface area contributed by atoms with Gasteiger partial charge in [0.05, 0.1) is 23.4 Å². The van der Waals surface area contributed by atoms with Gasteiger partial charge in [-0.1, -0.05) is 29.8 Å². The molecule has 5 nitrogen and oxygen atoms in total. The summed E-state index contributed by atoms with van der Waals surface area (Å²) in [5.41, 5.74) is 15.0. The molecule has 25 heavy (non-hydrogen) atoms. The topological polar surface area (TPSA) is 87.0 Å². The first kappa shape index (κ1) is 17.4. The van der Waals surface area contributed by atoms with E-state index in [0.29, 0.717) is 27.8 Å². The highest BCUT2D eigenvalue weighted by Crippen LogP contribution is 2.38. The first-order valence-corrected chi connectivity index (χ1v) is 9.05. The summed E-state index contributed by atoms with van der Waals surface area (Å²) in [5.74, 6) is 1.02. The molecule has 0 atom stereocenters. The Bertz CT molecular complexity index is 916. The normalized spacial score (nSPS) is 10.7. The smallest absolute Gasteiger partial charge is 0.222 e. The van der Waals surface area contributed by atoms with E-state index in [4.69, 9.17) is 27.8 Å². The molecule has 0 aliphatic rings. The molecule has 0 bridgehead atoms. The minimum atomic E-state index is 0.129. The van der Waals surface area contributed by atoms with Crippen molar-refractivity contribution in [1.29, 1.82) is 0 Å². The predicted octanol–water partition coefficient (Wildman–Crippen LogP) is 4.36. The highest BCUT2D eigenvalue weighted by Gasteiger charge is 2.16. The molecule has 3 rings (SSSR count). The van der Waals surface area contributed by atoms with Gasteiger partial charge in [-0.2, -0.15) is 4.98 Å². The van der Waals surface area contributed by atoms with Crippen molar-refractivity contribution < 1.29 is 4.74 Å². The van der Waals surface area contributed by atoms with E-state index in [2.05, 4.69) is 9.97 Å². The second-order valence-electron chi connectivity index (χ2n) is 5.27. The summed E-state index contributed by atoms with van der Waals surface area (Å²) in [5, 5.41) is 0.486. The number of benzene rings is 2. The number of hydrogen-bond donors (Lipinski definition) is 2. The number of nitrogen functional groups attached to an aromatic ring is 2. The maximum absolute atomic E-state index is 6.27. The Hall–Kier alpha value is -2.44. The average Bonchev–Trinajstić information content (AvgIpc) is 2.61. The third kappa shape index (κ3) is 3.50. The van der Waals surface area contributed by atoms with Crippen molar-refractivity contribution in [2.75, 3.05) is 24.8 Å². The van der Waals surface area contributed by atoms with Gasteiger partial charge < -0.3 is 16.2 Å². The number of ether oxygens (including phenoxy) is 1. The molecule has 1 heterocycles. The van der Waals surface area contributed by atoms with E-state index in [1.807, 2.05) is 36.6 Å². The van der Waals surface area contributed by atoms with Gasteiger partial charge >= 0.3 is 0 Å². The molecule has 0 fully saturated rings. The monoisotopic (exact) mass is 372 g/mol. The van der Waals surface area contributed by atoms with Crippen molar-refractivity contribution in [2.45, 2.75) is 4.90 Å². The fraction of sp³-hybridized carbons (Fsp3) is 0.111. The van der Waals surface area contributed by atoms with E-state index in [0.717, 1.165) is 16.0 Å². The first-order chi connectivity index (χ1) is 12.0. The first-order valence-electron chi connectivity index (χ1n) is 7.44. The zero-order valence-electron chi connectivity index (χ0n) is 13.8. The molecule has 7 heteroatoms. The van der Waals surface area contributed by atoms with Gasteiger partial charge in [-0.3, -0.25) is 0 Å². The van der Waals surface area contributed by atoms with Gasteiger partial charge in [0.25, 0.3) is 0 Å². The summed E-state index contributed by atoms with van der Waals surface area (Å²) >= 11 is 7.94. The highest BCUT2D eigenvalue weighted by atomic mass is 35.5. The molecular weight excluding hydrogens is 356 g/mol. The number of anilines is 2. The summed E-state index contributed by atoms with van der Waals surface area (Å²) < 4.78 is 5.21. The van der Waals surface area contributed by atoms with Crippen LogP contribution in [0.2, 0.25) is 5.02 Å². The van der Waals surface area contributed by atoms with Gasteiger partial charge in [0.2, 0.25) is 5.95 Å². The predicted molar refractivity (Wildman–Crippen MR) is 105 cm³/mol. The van der Waals surface area contributed by atoms with E-state index in [1.165, 1.54) is 0 Å². The Balaban J connectivity index is 2.20. The number of thioether (sulfide) groups is 1. The zero-order valence-corrected chi connectivity index (χ0v) is 15.4. The van der Waals surface area contributed by atoms with Crippen LogP contribution < -0.4 is 16.2 Å². The minimum absolute atomic E-state index is 0.129. The molecule has 128 valence electrons. The Morgan fingerprint density at radius 2 is 1.68 bits per heavy atom. The maximum Gasteiger partial charge on any atom is 0.222 e. The van der Waals surface area contributed by atoms with E-state index in [1.54, 1.807) is 31.0 Å². The Kier molecular flexibility index (Phi) is 5.01. The van der Waals surface area contributed by atoms with E-state index in [-0.39, 0.29) is 5.95 Å². The van der Waals surface area contributed by atoms with Crippen molar-refractivity contribution in [3.05, 3.63) is 47.5 Å². The lowest BCUT2D eigenvalue weighted by atomic mass is 9.99. The Labute approximate surface area is 155 Å². The van der Waals surface area contributed by atoms with Gasteiger partial charge in [0.1, 0.15) is 11.6 Å². The van der Waals surface area contributed by atoms with Crippen molar-refractivity contribution in [3.8, 4) is 28.1 Å². The molecule has 0 saturated carbocycles. The number of nitrogens with zero attached hydrogens (tertiary/aromatic N) is 2. The summed E-state index contributed by atoms with van der Waals surface area (Å²) in [6.45, 7) is 0. The van der Waals surface area contributed by atoms with Gasteiger partial charge in [-0.15, -0.1) is 11.8 Å². The van der Waals surface area contributed by atoms with Gasteiger partial charge in [-0.05, 0) is 36.1 Å². The molecule has 0 saturated heterocycles. The lowest BCUT2D eigenvalue weighted by molar-refractivity contribution is 0.415. The van der Waals surface area contributed by atoms with Crippen LogP contribution in [0.4, 0.5) is 11.8 Å². The molecule has 0 aliphatic heterocycles. The fourth-order valence-electron chi connectivity index (χ4n) is 2.56. The highest BCUT2D eigenvalue weighted by molar-refractivity contribution is 7.98. The molecular formula is C18H17ClN4OS. The molecule has 0 radical (unpaired) electrons. The summed E-state index contributed by atoms with van der Waals surface area (Å²) in [4.78, 5) is 9.68. The number of nitrogens with two attached hydrogens (primary N) is 2. The van der Waals surface area contributed by atoms with E-state index >= 15 is 0 Å². The third-order valence-corrected chi connectivity index (χ3v) is 4.80. The summed E-state index contributed by atoms with van der Waals surface area (Å²) in [6, 6.07) is 13.5. The zero-order chi connectivity index (χ0) is 18.0. The standard InChI is InChI=1S/C18H17ClN4OS/c1-24-14-8-5-11(9-13(14)19)15-16(22-18(21)23-17(15)20)10-3-6-12(25-2)7-4-10/h3-9H,1-2H3,(H4,20,21,22,23). The molecule has 1 aromatic heterocycles. The Morgan fingerprint density at radius 1 is 1.00 bits per heavy atom. The van der Waals surface area contributed by atoms with Crippen LogP contribution in [0.15, 0.2) is 47.4 Å².